The van der Waals surface area contributed by atoms with E-state index in [0.717, 1.165) is 29.5 Å². The van der Waals surface area contributed by atoms with Gasteiger partial charge in [0.1, 0.15) is 24.6 Å². The SMILES string of the molecule is CC1(C)OC(CCOC2OC(COCc3ccccc3)C(OCc3ccccc3)=CC2OCc2ccccc2)[C@@H](CCc2ccccc2)O1. The quantitative estimate of drug-likeness (QED) is 0.113. The third-order valence-electron chi connectivity index (χ3n) is 8.66. The molecule has 0 aliphatic carbocycles. The summed E-state index contributed by atoms with van der Waals surface area (Å²) < 4.78 is 44.8. The highest BCUT2D eigenvalue weighted by atomic mass is 16.8. The minimum Gasteiger partial charge on any atom is -0.491 e. The summed E-state index contributed by atoms with van der Waals surface area (Å²) in [7, 11) is 0. The van der Waals surface area contributed by atoms with Crippen molar-refractivity contribution in [1.29, 1.82) is 0 Å². The Morgan fingerprint density at radius 3 is 1.73 bits per heavy atom. The first-order valence-corrected chi connectivity index (χ1v) is 17.3. The maximum atomic E-state index is 6.63. The van der Waals surface area contributed by atoms with E-state index in [2.05, 4.69) is 24.3 Å². The Bertz CT molecular complexity index is 1550. The molecular formula is C42H48O7. The van der Waals surface area contributed by atoms with Crippen LogP contribution in [0.25, 0.3) is 0 Å². The molecule has 5 atom stereocenters. The molecule has 0 bridgehead atoms. The average molecular weight is 665 g/mol. The van der Waals surface area contributed by atoms with Gasteiger partial charge in [-0.2, -0.15) is 0 Å². The van der Waals surface area contributed by atoms with Crippen LogP contribution in [-0.4, -0.2) is 49.7 Å². The van der Waals surface area contributed by atoms with E-state index >= 15 is 0 Å². The van der Waals surface area contributed by atoms with Crippen LogP contribution in [0.3, 0.4) is 0 Å². The fourth-order valence-electron chi connectivity index (χ4n) is 6.20. The molecule has 0 aromatic heterocycles. The summed E-state index contributed by atoms with van der Waals surface area (Å²) in [4.78, 5) is 0. The maximum Gasteiger partial charge on any atom is 0.188 e. The summed E-state index contributed by atoms with van der Waals surface area (Å²) in [6.07, 6.45) is 2.67. The molecule has 2 aliphatic heterocycles. The van der Waals surface area contributed by atoms with E-state index in [1.165, 1.54) is 5.56 Å². The smallest absolute Gasteiger partial charge is 0.188 e. The van der Waals surface area contributed by atoms with Gasteiger partial charge in [-0.1, -0.05) is 121 Å². The molecule has 1 fully saturated rings. The maximum absolute atomic E-state index is 6.63. The van der Waals surface area contributed by atoms with Crippen LogP contribution in [-0.2, 0) is 59.4 Å². The van der Waals surface area contributed by atoms with Gasteiger partial charge >= 0.3 is 0 Å². The van der Waals surface area contributed by atoms with Crippen molar-refractivity contribution in [2.45, 2.75) is 89.4 Å². The van der Waals surface area contributed by atoms with E-state index in [0.29, 0.717) is 45.2 Å². The first-order valence-electron chi connectivity index (χ1n) is 17.3. The highest BCUT2D eigenvalue weighted by Crippen LogP contribution is 2.33. The summed E-state index contributed by atoms with van der Waals surface area (Å²) in [5.74, 6) is 0.0222. The molecule has 2 aliphatic rings. The summed E-state index contributed by atoms with van der Waals surface area (Å²) in [6, 6.07) is 40.8. The molecule has 0 saturated carbocycles. The van der Waals surface area contributed by atoms with Crippen molar-refractivity contribution in [3.05, 3.63) is 155 Å². The molecule has 0 amide bonds. The second-order valence-electron chi connectivity index (χ2n) is 13.0. The Hall–Kier alpha value is -3.82. The summed E-state index contributed by atoms with van der Waals surface area (Å²) >= 11 is 0. The molecule has 49 heavy (non-hydrogen) atoms. The minimum absolute atomic E-state index is 0.0340. The van der Waals surface area contributed by atoms with E-state index in [4.69, 9.17) is 33.2 Å². The number of aryl methyl sites for hydroxylation is 1. The van der Waals surface area contributed by atoms with Gasteiger partial charge < -0.3 is 33.2 Å². The molecule has 1 saturated heterocycles. The van der Waals surface area contributed by atoms with Gasteiger partial charge in [0, 0.05) is 0 Å². The Labute approximate surface area is 290 Å². The highest BCUT2D eigenvalue weighted by Gasteiger charge is 2.41. The molecule has 258 valence electrons. The average Bonchev–Trinajstić information content (AvgIpc) is 3.44. The van der Waals surface area contributed by atoms with Crippen LogP contribution in [0.5, 0.6) is 0 Å². The summed E-state index contributed by atoms with van der Waals surface area (Å²) in [5, 5.41) is 0. The van der Waals surface area contributed by atoms with Gasteiger partial charge in [0.2, 0.25) is 0 Å². The molecule has 4 unspecified atom stereocenters. The highest BCUT2D eigenvalue weighted by molar-refractivity contribution is 5.18. The Morgan fingerprint density at radius 2 is 1.12 bits per heavy atom. The number of hydrogen-bond donors (Lipinski definition) is 0. The number of rotatable bonds is 17. The predicted molar refractivity (Wildman–Crippen MR) is 188 cm³/mol. The Morgan fingerprint density at radius 1 is 0.592 bits per heavy atom. The zero-order valence-corrected chi connectivity index (χ0v) is 28.5. The number of benzene rings is 4. The van der Waals surface area contributed by atoms with E-state index in [1.807, 2.05) is 117 Å². The van der Waals surface area contributed by atoms with Crippen molar-refractivity contribution in [2.24, 2.45) is 0 Å². The van der Waals surface area contributed by atoms with Crippen molar-refractivity contribution in [3.63, 3.8) is 0 Å². The standard InChI is InChI=1S/C42H48O7/c1-42(2)48-36(24-23-32-15-7-3-8-16-32)37(49-42)25-26-44-41-39(46-30-35-21-13-6-14-22-35)27-38(45-29-34-19-11-5-12-20-34)40(47-41)31-43-28-33-17-9-4-10-18-33/h3-22,27,36-37,39-41H,23-26,28-31H2,1-2H3/t36-,37?,39?,40?,41?/m1/s1. The molecule has 0 N–H and O–H groups in total. The lowest BCUT2D eigenvalue weighted by Crippen LogP contribution is -2.43. The lowest BCUT2D eigenvalue weighted by molar-refractivity contribution is -0.237. The summed E-state index contributed by atoms with van der Waals surface area (Å²) in [5.41, 5.74) is 4.51. The van der Waals surface area contributed by atoms with Gasteiger partial charge in [-0.3, -0.25) is 0 Å². The van der Waals surface area contributed by atoms with Crippen LogP contribution < -0.4 is 0 Å². The van der Waals surface area contributed by atoms with Gasteiger partial charge in [-0.05, 0) is 61.4 Å². The fraction of sp³-hybridized carbons (Fsp3) is 0.381. The van der Waals surface area contributed by atoms with Gasteiger partial charge in [-0.25, -0.2) is 0 Å². The van der Waals surface area contributed by atoms with Crippen molar-refractivity contribution in [1.82, 2.24) is 0 Å². The van der Waals surface area contributed by atoms with E-state index in [1.54, 1.807) is 0 Å². The van der Waals surface area contributed by atoms with Crippen LogP contribution >= 0.6 is 0 Å². The van der Waals surface area contributed by atoms with E-state index in [9.17, 15) is 0 Å². The monoisotopic (exact) mass is 664 g/mol. The Balaban J connectivity index is 1.14. The van der Waals surface area contributed by atoms with Crippen molar-refractivity contribution < 1.29 is 33.2 Å². The van der Waals surface area contributed by atoms with Crippen LogP contribution in [0.2, 0.25) is 0 Å². The molecule has 6 rings (SSSR count). The van der Waals surface area contributed by atoms with Crippen molar-refractivity contribution >= 4 is 0 Å². The molecule has 2 heterocycles. The van der Waals surface area contributed by atoms with Crippen molar-refractivity contribution in [2.75, 3.05) is 13.2 Å². The number of ether oxygens (including phenoxy) is 7. The zero-order valence-electron chi connectivity index (χ0n) is 28.5. The third kappa shape index (κ3) is 10.8. The van der Waals surface area contributed by atoms with Gasteiger partial charge in [0.25, 0.3) is 0 Å². The molecule has 7 nitrogen and oxygen atoms in total. The first-order chi connectivity index (χ1) is 24.0. The largest absolute Gasteiger partial charge is 0.491 e. The Kier molecular flexibility index (Phi) is 12.7. The lowest BCUT2D eigenvalue weighted by Gasteiger charge is -2.35. The molecule has 4 aromatic rings. The van der Waals surface area contributed by atoms with Crippen molar-refractivity contribution in [3.8, 4) is 0 Å². The second kappa shape index (κ2) is 17.7. The van der Waals surface area contributed by atoms with Crippen LogP contribution in [0, 0.1) is 0 Å². The zero-order chi connectivity index (χ0) is 33.7. The van der Waals surface area contributed by atoms with Gasteiger partial charge in [0.15, 0.2) is 12.1 Å². The minimum atomic E-state index is -0.670. The molecule has 0 spiro atoms. The van der Waals surface area contributed by atoms with Gasteiger partial charge in [0.05, 0.1) is 38.6 Å². The number of hydrogen-bond acceptors (Lipinski definition) is 7. The molecular weight excluding hydrogens is 616 g/mol. The first kappa shape index (κ1) is 35.0. The third-order valence-corrected chi connectivity index (χ3v) is 8.66. The predicted octanol–water partition coefficient (Wildman–Crippen LogP) is 8.17. The lowest BCUT2D eigenvalue weighted by atomic mass is 10.0. The summed E-state index contributed by atoms with van der Waals surface area (Å²) in [6.45, 7) is 5.93. The van der Waals surface area contributed by atoms with E-state index in [-0.39, 0.29) is 12.2 Å². The van der Waals surface area contributed by atoms with Crippen LogP contribution in [0.4, 0.5) is 0 Å². The van der Waals surface area contributed by atoms with Crippen LogP contribution in [0.1, 0.15) is 48.9 Å². The topological polar surface area (TPSA) is 64.6 Å². The second-order valence-corrected chi connectivity index (χ2v) is 13.0. The van der Waals surface area contributed by atoms with Gasteiger partial charge in [-0.15, -0.1) is 0 Å². The molecule has 0 radical (unpaired) electrons. The van der Waals surface area contributed by atoms with Crippen LogP contribution in [0.15, 0.2) is 133 Å². The fourth-order valence-corrected chi connectivity index (χ4v) is 6.20. The molecule has 7 heteroatoms. The van der Waals surface area contributed by atoms with E-state index < -0.39 is 24.3 Å². The molecule has 4 aromatic carbocycles. The normalized spacial score (nSPS) is 23.2.